The zero-order chi connectivity index (χ0) is 25.6. The van der Waals surface area contributed by atoms with Gasteiger partial charge in [-0.25, -0.2) is 4.79 Å². The van der Waals surface area contributed by atoms with Gasteiger partial charge in [0.25, 0.3) is 0 Å². The summed E-state index contributed by atoms with van der Waals surface area (Å²) in [4.78, 5) is 53.2. The SMILES string of the molecule is CCOC(=O)CCNC(=O)C1CCC2CN(CCC3CCN(C(=O)OC(C)(C)C)CC3)C(=O)C2C1. The molecule has 9 nitrogen and oxygen atoms in total. The van der Waals surface area contributed by atoms with Crippen LogP contribution in [0.25, 0.3) is 0 Å². The van der Waals surface area contributed by atoms with Crippen LogP contribution in [0.4, 0.5) is 4.79 Å². The van der Waals surface area contributed by atoms with Gasteiger partial charge in [-0.2, -0.15) is 0 Å². The van der Waals surface area contributed by atoms with Gasteiger partial charge in [-0.15, -0.1) is 0 Å². The van der Waals surface area contributed by atoms with Crippen LogP contribution in [0.3, 0.4) is 0 Å². The maximum Gasteiger partial charge on any atom is 0.410 e. The van der Waals surface area contributed by atoms with Gasteiger partial charge in [-0.3, -0.25) is 14.4 Å². The van der Waals surface area contributed by atoms with E-state index >= 15 is 0 Å². The summed E-state index contributed by atoms with van der Waals surface area (Å²) >= 11 is 0. The van der Waals surface area contributed by atoms with Crippen LogP contribution in [-0.2, 0) is 23.9 Å². The molecule has 3 aliphatic rings. The van der Waals surface area contributed by atoms with E-state index in [1.165, 1.54) is 0 Å². The molecule has 1 N–H and O–H groups in total. The number of nitrogens with one attached hydrogen (secondary N) is 1. The third-order valence-corrected chi connectivity index (χ3v) is 7.46. The first kappa shape index (κ1) is 27.3. The summed E-state index contributed by atoms with van der Waals surface area (Å²) in [6, 6.07) is 0. The Morgan fingerprint density at radius 2 is 1.80 bits per heavy atom. The third-order valence-electron chi connectivity index (χ3n) is 7.46. The van der Waals surface area contributed by atoms with Crippen LogP contribution in [0.5, 0.6) is 0 Å². The molecular weight excluding hydrogens is 450 g/mol. The van der Waals surface area contributed by atoms with Crippen LogP contribution >= 0.6 is 0 Å². The number of ether oxygens (including phenoxy) is 2. The number of esters is 1. The van der Waals surface area contributed by atoms with E-state index in [4.69, 9.17) is 9.47 Å². The average molecular weight is 494 g/mol. The van der Waals surface area contributed by atoms with Crippen molar-refractivity contribution < 1.29 is 28.7 Å². The Morgan fingerprint density at radius 3 is 2.46 bits per heavy atom. The lowest BCUT2D eigenvalue weighted by atomic mass is 9.75. The summed E-state index contributed by atoms with van der Waals surface area (Å²) in [5.41, 5.74) is -0.483. The highest BCUT2D eigenvalue weighted by Gasteiger charge is 2.45. The quantitative estimate of drug-likeness (QED) is 0.521. The van der Waals surface area contributed by atoms with Gasteiger partial charge >= 0.3 is 12.1 Å². The zero-order valence-electron chi connectivity index (χ0n) is 21.8. The molecule has 1 aliphatic carbocycles. The van der Waals surface area contributed by atoms with E-state index < -0.39 is 5.60 Å². The Balaban J connectivity index is 1.38. The summed E-state index contributed by atoms with van der Waals surface area (Å²) in [5.74, 6) is 0.412. The minimum Gasteiger partial charge on any atom is -0.466 e. The number of piperidine rings is 1. The molecule has 3 amide bonds. The average Bonchev–Trinajstić information content (AvgIpc) is 3.12. The first-order chi connectivity index (χ1) is 16.6. The number of fused-ring (bicyclic) bond motifs is 1. The Morgan fingerprint density at radius 1 is 1.09 bits per heavy atom. The maximum atomic E-state index is 13.1. The predicted molar refractivity (Wildman–Crippen MR) is 130 cm³/mol. The Hall–Kier alpha value is -2.32. The van der Waals surface area contributed by atoms with Gasteiger partial charge < -0.3 is 24.6 Å². The van der Waals surface area contributed by atoms with E-state index in [0.717, 1.165) is 45.2 Å². The first-order valence-corrected chi connectivity index (χ1v) is 13.3. The maximum absolute atomic E-state index is 13.1. The molecule has 0 bridgehead atoms. The zero-order valence-corrected chi connectivity index (χ0v) is 21.8. The molecule has 0 spiro atoms. The fourth-order valence-corrected chi connectivity index (χ4v) is 5.54. The number of rotatable bonds is 8. The molecule has 0 radical (unpaired) electrons. The van der Waals surface area contributed by atoms with E-state index in [-0.39, 0.29) is 48.7 Å². The topological polar surface area (TPSA) is 105 Å². The normalized spacial score (nSPS) is 25.3. The molecule has 3 atom stereocenters. The second kappa shape index (κ2) is 12.1. The van der Waals surface area contributed by atoms with Crippen LogP contribution in [0.1, 0.15) is 72.6 Å². The smallest absolute Gasteiger partial charge is 0.410 e. The molecule has 1 saturated carbocycles. The van der Waals surface area contributed by atoms with Gasteiger partial charge in [-0.1, -0.05) is 0 Å². The van der Waals surface area contributed by atoms with Gasteiger partial charge in [-0.05, 0) is 78.1 Å². The van der Waals surface area contributed by atoms with Crippen molar-refractivity contribution in [3.63, 3.8) is 0 Å². The van der Waals surface area contributed by atoms with E-state index in [1.54, 1.807) is 11.8 Å². The largest absolute Gasteiger partial charge is 0.466 e. The van der Waals surface area contributed by atoms with Crippen LogP contribution in [0.15, 0.2) is 0 Å². The van der Waals surface area contributed by atoms with Crippen LogP contribution in [0.2, 0.25) is 0 Å². The summed E-state index contributed by atoms with van der Waals surface area (Å²) < 4.78 is 10.4. The number of amides is 3. The highest BCUT2D eigenvalue weighted by Crippen LogP contribution is 2.40. The molecule has 2 aliphatic heterocycles. The molecule has 35 heavy (non-hydrogen) atoms. The van der Waals surface area contributed by atoms with Crippen LogP contribution in [-0.4, -0.2) is 78.6 Å². The van der Waals surface area contributed by atoms with Crippen LogP contribution in [0, 0.1) is 23.7 Å². The number of likely N-dealkylation sites (tertiary alicyclic amines) is 2. The summed E-state index contributed by atoms with van der Waals surface area (Å²) in [7, 11) is 0. The number of carbonyl (C=O) groups excluding carboxylic acids is 4. The molecule has 3 fully saturated rings. The Labute approximate surface area is 209 Å². The fourth-order valence-electron chi connectivity index (χ4n) is 5.54. The highest BCUT2D eigenvalue weighted by molar-refractivity contribution is 5.84. The van der Waals surface area contributed by atoms with Gasteiger partial charge in [0.05, 0.1) is 13.0 Å². The van der Waals surface area contributed by atoms with Gasteiger partial charge in [0.2, 0.25) is 11.8 Å². The lowest BCUT2D eigenvalue weighted by molar-refractivity contribution is -0.143. The van der Waals surface area contributed by atoms with E-state index in [0.29, 0.717) is 38.0 Å². The molecule has 9 heteroatoms. The van der Waals surface area contributed by atoms with Crippen molar-refractivity contribution in [2.75, 3.05) is 39.3 Å². The van der Waals surface area contributed by atoms with Gasteiger partial charge in [0.1, 0.15) is 5.60 Å². The summed E-state index contributed by atoms with van der Waals surface area (Å²) in [6.07, 6.45) is 5.01. The number of carbonyl (C=O) groups is 4. The number of hydrogen-bond donors (Lipinski definition) is 1. The first-order valence-electron chi connectivity index (χ1n) is 13.3. The van der Waals surface area contributed by atoms with E-state index in [2.05, 4.69) is 5.32 Å². The van der Waals surface area contributed by atoms with Crippen molar-refractivity contribution in [2.24, 2.45) is 23.7 Å². The molecule has 0 aromatic rings. The molecule has 2 heterocycles. The van der Waals surface area contributed by atoms with Crippen LogP contribution < -0.4 is 5.32 Å². The van der Waals surface area contributed by atoms with Crippen molar-refractivity contribution in [1.29, 1.82) is 0 Å². The van der Waals surface area contributed by atoms with Crippen molar-refractivity contribution in [3.05, 3.63) is 0 Å². The molecule has 0 aromatic carbocycles. The minimum absolute atomic E-state index is 0.0595. The molecule has 198 valence electrons. The molecule has 2 saturated heterocycles. The van der Waals surface area contributed by atoms with Crippen molar-refractivity contribution in [1.82, 2.24) is 15.1 Å². The van der Waals surface area contributed by atoms with Gasteiger partial charge in [0.15, 0.2) is 0 Å². The Bertz CT molecular complexity index is 772. The number of nitrogens with zero attached hydrogens (tertiary/aromatic N) is 2. The van der Waals surface area contributed by atoms with Crippen molar-refractivity contribution in [3.8, 4) is 0 Å². The predicted octanol–water partition coefficient (Wildman–Crippen LogP) is 2.97. The summed E-state index contributed by atoms with van der Waals surface area (Å²) in [5, 5.41) is 2.84. The van der Waals surface area contributed by atoms with Crippen molar-refractivity contribution >= 4 is 23.9 Å². The third kappa shape index (κ3) is 7.84. The molecule has 3 rings (SSSR count). The molecule has 0 aromatic heterocycles. The summed E-state index contributed by atoms with van der Waals surface area (Å²) in [6.45, 7) is 10.9. The van der Waals surface area contributed by atoms with E-state index in [9.17, 15) is 19.2 Å². The van der Waals surface area contributed by atoms with Crippen molar-refractivity contribution in [2.45, 2.75) is 78.2 Å². The number of hydrogen-bond acceptors (Lipinski definition) is 6. The lowest BCUT2D eigenvalue weighted by Gasteiger charge is -2.34. The van der Waals surface area contributed by atoms with Gasteiger partial charge in [0, 0.05) is 44.6 Å². The fraction of sp³-hybridized carbons (Fsp3) is 0.846. The Kier molecular flexibility index (Phi) is 9.41. The van der Waals surface area contributed by atoms with E-state index in [1.807, 2.05) is 25.7 Å². The monoisotopic (exact) mass is 493 g/mol. The second-order valence-electron chi connectivity index (χ2n) is 11.2. The minimum atomic E-state index is -0.483. The lowest BCUT2D eigenvalue weighted by Crippen LogP contribution is -2.42. The highest BCUT2D eigenvalue weighted by atomic mass is 16.6. The second-order valence-corrected chi connectivity index (χ2v) is 11.2. The standard InChI is InChI=1S/C26H43N3O6/c1-5-34-22(30)8-12-27-23(31)19-6-7-20-17-29(24(32)21(20)16-19)15-11-18-9-13-28(14-10-18)25(33)35-26(2,3)4/h18-21H,5-17H2,1-4H3,(H,27,31). The molecular formula is C26H43N3O6. The molecule has 3 unspecified atom stereocenters.